The second kappa shape index (κ2) is 16.2. The maximum atomic E-state index is 12.2. The quantitative estimate of drug-likeness (QED) is 0.0569. The Morgan fingerprint density at radius 3 is 2.02 bits per heavy atom. The molecule has 6 heteroatoms. The number of allylic oxidation sites excluding steroid dienone is 2. The molecule has 257 valence electrons. The van der Waals surface area contributed by atoms with Gasteiger partial charge in [0.15, 0.2) is 5.78 Å². The Bertz CT molecular complexity index is 1710. The molecule has 1 aromatic heterocycles. The Morgan fingerprint density at radius 1 is 0.915 bits per heavy atom. The number of rotatable bonds is 10. The zero-order valence-electron chi connectivity index (χ0n) is 31.1. The molecule has 0 saturated heterocycles. The van der Waals surface area contributed by atoms with E-state index in [4.69, 9.17) is 9.97 Å². The maximum Gasteiger partial charge on any atom is 0.164 e. The van der Waals surface area contributed by atoms with Crippen LogP contribution in [0.5, 0.6) is 0 Å². The zero-order chi connectivity index (χ0) is 34.6. The van der Waals surface area contributed by atoms with Crippen molar-refractivity contribution in [3.8, 4) is 11.3 Å². The normalized spacial score (nSPS) is 12.6. The minimum atomic E-state index is -1.54. The van der Waals surface area contributed by atoms with Crippen LogP contribution in [0.4, 0.5) is 0 Å². The molecule has 0 aliphatic heterocycles. The molecule has 4 nitrogen and oxygen atoms in total. The fourth-order valence-electron chi connectivity index (χ4n) is 5.78. The van der Waals surface area contributed by atoms with E-state index in [9.17, 15) is 9.90 Å². The number of ketones is 1. The molecule has 0 atom stereocenters. The predicted octanol–water partition coefficient (Wildman–Crippen LogP) is 11.2. The molecule has 1 heterocycles. The Balaban J connectivity index is 0.000000370. The molecule has 1 N–H and O–H groups in total. The molecule has 0 amide bonds. The van der Waals surface area contributed by atoms with Crippen LogP contribution in [0.15, 0.2) is 54.3 Å². The van der Waals surface area contributed by atoms with Gasteiger partial charge in [0.05, 0.1) is 13.6 Å². The maximum absolute atomic E-state index is 12.2. The van der Waals surface area contributed by atoms with Crippen LogP contribution < -0.4 is 5.19 Å². The number of carbonyl (C=O) groups excluding carboxylic acids is 1. The zero-order valence-corrected chi connectivity index (χ0v) is 34.5. The molecule has 0 fully saturated rings. The van der Waals surface area contributed by atoms with E-state index >= 15 is 0 Å². The van der Waals surface area contributed by atoms with Gasteiger partial charge >= 0.3 is 0 Å². The Morgan fingerprint density at radius 2 is 1.51 bits per heavy atom. The van der Waals surface area contributed by atoms with Gasteiger partial charge in [0.2, 0.25) is 0 Å². The largest absolute Gasteiger partial charge is 0.512 e. The van der Waals surface area contributed by atoms with E-state index in [0.29, 0.717) is 0 Å². The van der Waals surface area contributed by atoms with Gasteiger partial charge in [-0.2, -0.15) is 0 Å². The summed E-state index contributed by atoms with van der Waals surface area (Å²) in [5, 5.41) is 15.3. The minimum Gasteiger partial charge on any atom is -0.512 e. The van der Waals surface area contributed by atoms with E-state index in [1.165, 1.54) is 27.6 Å². The van der Waals surface area contributed by atoms with Crippen LogP contribution in [0.2, 0.25) is 19.6 Å². The third-order valence-corrected chi connectivity index (χ3v) is 12.1. The average Bonchev–Trinajstić information content (AvgIpc) is 3.02. The summed E-state index contributed by atoms with van der Waals surface area (Å²) in [6, 6.07) is 19.0. The number of hydrogen-bond acceptors (Lipinski definition) is 4. The van der Waals surface area contributed by atoms with Crippen LogP contribution in [0.3, 0.4) is 0 Å². The third kappa shape index (κ3) is 9.07. The number of aliphatic hydroxyl groups is 1. The van der Waals surface area contributed by atoms with Gasteiger partial charge in [-0.25, -0.2) is 4.98 Å². The van der Waals surface area contributed by atoms with Crippen molar-refractivity contribution >= 4 is 40.7 Å². The van der Waals surface area contributed by atoms with Gasteiger partial charge in [0, 0.05) is 48.3 Å². The summed E-state index contributed by atoms with van der Waals surface area (Å²) in [7, 11) is -1.54. The van der Waals surface area contributed by atoms with Crippen LogP contribution in [0.1, 0.15) is 104 Å². The Labute approximate surface area is 299 Å². The van der Waals surface area contributed by atoms with Crippen LogP contribution >= 0.6 is 0 Å². The molecule has 0 saturated carbocycles. The van der Waals surface area contributed by atoms with Gasteiger partial charge in [-0.15, -0.1) is 34.9 Å². The van der Waals surface area contributed by atoms with Crippen molar-refractivity contribution in [3.63, 3.8) is 0 Å². The summed E-state index contributed by atoms with van der Waals surface area (Å²) in [5.74, 6) is 1.45. The van der Waals surface area contributed by atoms with Gasteiger partial charge in [-0.1, -0.05) is 124 Å². The number of aryl methyl sites for hydroxylation is 2. The number of carbonyl (C=O) groups is 1. The second-order valence-corrected chi connectivity index (χ2v) is 19.9. The molecule has 0 aliphatic carbocycles. The third-order valence-electron chi connectivity index (χ3n) is 10.1. The summed E-state index contributed by atoms with van der Waals surface area (Å²) in [5.41, 5.74) is 4.91. The molecule has 0 bridgehead atoms. The summed E-state index contributed by atoms with van der Waals surface area (Å²) < 4.78 is 0. The molecule has 1 radical (unpaired) electrons. The van der Waals surface area contributed by atoms with Gasteiger partial charge in [0.25, 0.3) is 0 Å². The molecule has 0 aliphatic rings. The van der Waals surface area contributed by atoms with Crippen molar-refractivity contribution < 1.29 is 30.0 Å². The minimum absolute atomic E-state index is 0. The molecular formula is C41H57IrN2O2Si-. The topological polar surface area (TPSA) is 63.1 Å². The van der Waals surface area contributed by atoms with E-state index in [1.807, 2.05) is 41.5 Å². The van der Waals surface area contributed by atoms with E-state index < -0.39 is 8.07 Å². The smallest absolute Gasteiger partial charge is 0.164 e. The first-order chi connectivity index (χ1) is 21.4. The Hall–Kier alpha value is -2.66. The van der Waals surface area contributed by atoms with E-state index in [2.05, 4.69) is 95.9 Å². The van der Waals surface area contributed by atoms with Crippen LogP contribution in [0.25, 0.3) is 32.9 Å². The first kappa shape index (κ1) is 40.5. The summed E-state index contributed by atoms with van der Waals surface area (Å²) in [6.07, 6.45) is 4.75. The SMILES string of the molecule is CCC(C)(CC)C(=O)/C=C(\O)C(C)(CC)CC.Cc1[c-]c(-c2nc(C(C)C)nc3c2ccc2cccc([Si](C)(C)C)c23)cc(C)c1.[Ir]. The molecule has 4 aromatic rings. The Kier molecular flexibility index (Phi) is 13.9. The van der Waals surface area contributed by atoms with Crippen molar-refractivity contribution in [2.75, 3.05) is 0 Å². The second-order valence-electron chi connectivity index (χ2n) is 14.9. The molecular weight excluding hydrogens is 773 g/mol. The van der Waals surface area contributed by atoms with Crippen molar-refractivity contribution in [1.82, 2.24) is 9.97 Å². The molecule has 47 heavy (non-hydrogen) atoms. The summed E-state index contributed by atoms with van der Waals surface area (Å²) in [4.78, 5) is 22.3. The number of aliphatic hydroxyl groups excluding tert-OH is 1. The average molecular weight is 830 g/mol. The van der Waals surface area contributed by atoms with Crippen LogP contribution in [-0.4, -0.2) is 28.9 Å². The standard InChI is InChI=1S/C26H29N2Si.C15H28O2.Ir/c1-16(2)26-27-24(20-14-17(3)13-18(4)15-20)21-12-11-19-9-8-10-22(29(5,6)7)23(19)25(21)28-26;1-7-14(5,8-2)12(16)11-13(17)15(6,9-3)10-4;/h8-14,16H,1-7H3;11,16H,7-10H2,1-6H3;/q-1;;/b;12-11-;. The van der Waals surface area contributed by atoms with Crippen LogP contribution in [0, 0.1) is 30.7 Å². The first-order valence-electron chi connectivity index (χ1n) is 17.1. The molecule has 4 rings (SSSR count). The van der Waals surface area contributed by atoms with Gasteiger partial charge < -0.3 is 5.11 Å². The van der Waals surface area contributed by atoms with Gasteiger partial charge in [-0.05, 0) is 42.1 Å². The van der Waals surface area contributed by atoms with E-state index in [-0.39, 0.29) is 48.4 Å². The van der Waals surface area contributed by atoms with Crippen molar-refractivity contribution in [2.24, 2.45) is 10.8 Å². The van der Waals surface area contributed by atoms with Gasteiger partial charge in [-0.3, -0.25) is 9.78 Å². The van der Waals surface area contributed by atoms with Gasteiger partial charge in [0.1, 0.15) is 11.6 Å². The van der Waals surface area contributed by atoms with E-state index in [0.717, 1.165) is 59.2 Å². The molecule has 0 spiro atoms. The number of aromatic nitrogens is 2. The monoisotopic (exact) mass is 830 g/mol. The van der Waals surface area contributed by atoms with Crippen LogP contribution in [-0.2, 0) is 24.9 Å². The number of hydrogen-bond donors (Lipinski definition) is 1. The van der Waals surface area contributed by atoms with Crippen molar-refractivity contribution in [1.29, 1.82) is 0 Å². The molecule has 3 aromatic carbocycles. The first-order valence-corrected chi connectivity index (χ1v) is 20.6. The summed E-state index contributed by atoms with van der Waals surface area (Å²) >= 11 is 0. The van der Waals surface area contributed by atoms with Crippen molar-refractivity contribution in [3.05, 3.63) is 77.3 Å². The fourth-order valence-corrected chi connectivity index (χ4v) is 7.39. The number of benzene rings is 3. The number of fused-ring (bicyclic) bond motifs is 3. The fraction of sp³-hybridized carbons (Fsp3) is 0.488. The predicted molar refractivity (Wildman–Crippen MR) is 201 cm³/mol. The summed E-state index contributed by atoms with van der Waals surface area (Å²) in [6.45, 7) is 27.9. The van der Waals surface area contributed by atoms with Crippen molar-refractivity contribution in [2.45, 2.75) is 120 Å². The number of nitrogens with zero attached hydrogens (tertiary/aromatic N) is 2. The molecule has 0 unspecified atom stereocenters. The van der Waals surface area contributed by atoms with E-state index in [1.54, 1.807) is 0 Å².